The minimum atomic E-state index is 0.318. The summed E-state index contributed by atoms with van der Waals surface area (Å²) in [4.78, 5) is 0. The lowest BCUT2D eigenvalue weighted by Gasteiger charge is -2.16. The summed E-state index contributed by atoms with van der Waals surface area (Å²) >= 11 is 5.88. The Labute approximate surface area is 129 Å². The molecule has 0 aliphatic carbocycles. The molecule has 0 saturated carbocycles. The van der Waals surface area contributed by atoms with Crippen LogP contribution in [-0.4, -0.2) is 6.54 Å². The van der Waals surface area contributed by atoms with E-state index < -0.39 is 0 Å². The molecule has 0 aromatic carbocycles. The van der Waals surface area contributed by atoms with Gasteiger partial charge in [0.05, 0.1) is 6.04 Å². The van der Waals surface area contributed by atoms with Gasteiger partial charge in [-0.1, -0.05) is 58.8 Å². The van der Waals surface area contributed by atoms with Gasteiger partial charge in [0.2, 0.25) is 0 Å². The zero-order valence-electron chi connectivity index (χ0n) is 13.1. The molecule has 0 aliphatic rings. The fraction of sp³-hybridized carbons (Fsp3) is 0.765. The van der Waals surface area contributed by atoms with Crippen molar-refractivity contribution in [2.45, 2.75) is 77.7 Å². The quantitative estimate of drug-likeness (QED) is 0.471. The van der Waals surface area contributed by atoms with Crippen LogP contribution in [0, 0.1) is 0 Å². The van der Waals surface area contributed by atoms with Gasteiger partial charge in [-0.05, 0) is 43.1 Å². The average Bonchev–Trinajstić information content (AvgIpc) is 2.87. The highest BCUT2D eigenvalue weighted by atomic mass is 35.5. The van der Waals surface area contributed by atoms with Crippen LogP contribution in [0.4, 0.5) is 0 Å². The Morgan fingerprint density at radius 3 is 2.30 bits per heavy atom. The first-order chi connectivity index (χ1) is 9.77. The normalized spacial score (nSPS) is 12.8. The summed E-state index contributed by atoms with van der Waals surface area (Å²) in [5, 5.41) is 4.05. The molecule has 1 heterocycles. The molecule has 2 nitrogen and oxygen atoms in total. The molecule has 0 radical (unpaired) electrons. The van der Waals surface area contributed by atoms with Crippen molar-refractivity contribution in [1.29, 1.82) is 0 Å². The maximum atomic E-state index is 5.88. The Morgan fingerprint density at radius 1 is 1.00 bits per heavy atom. The van der Waals surface area contributed by atoms with Crippen LogP contribution in [0.25, 0.3) is 0 Å². The molecule has 0 amide bonds. The van der Waals surface area contributed by atoms with E-state index in [0.717, 1.165) is 25.1 Å². The first-order valence-corrected chi connectivity index (χ1v) is 8.64. The fourth-order valence-electron chi connectivity index (χ4n) is 2.48. The van der Waals surface area contributed by atoms with E-state index in [4.69, 9.17) is 16.0 Å². The van der Waals surface area contributed by atoms with Crippen LogP contribution in [-0.2, 0) is 0 Å². The highest BCUT2D eigenvalue weighted by Crippen LogP contribution is 2.24. The summed E-state index contributed by atoms with van der Waals surface area (Å²) in [5.41, 5.74) is 0. The number of unbranched alkanes of at least 4 members (excludes halogenated alkanes) is 6. The van der Waals surface area contributed by atoms with Gasteiger partial charge in [0, 0.05) is 0 Å². The Morgan fingerprint density at radius 2 is 1.70 bits per heavy atom. The zero-order valence-corrected chi connectivity index (χ0v) is 13.8. The van der Waals surface area contributed by atoms with Gasteiger partial charge < -0.3 is 9.73 Å². The maximum Gasteiger partial charge on any atom is 0.193 e. The second-order valence-corrected chi connectivity index (χ2v) is 5.93. The second kappa shape index (κ2) is 11.2. The monoisotopic (exact) mass is 299 g/mol. The highest BCUT2D eigenvalue weighted by Gasteiger charge is 2.14. The third-order valence-corrected chi connectivity index (χ3v) is 3.88. The Bertz CT molecular complexity index is 337. The second-order valence-electron chi connectivity index (χ2n) is 5.56. The molecule has 1 atom stereocenters. The van der Waals surface area contributed by atoms with E-state index in [2.05, 4.69) is 19.2 Å². The predicted molar refractivity (Wildman–Crippen MR) is 87.4 cm³/mol. The molecule has 0 fully saturated rings. The van der Waals surface area contributed by atoms with Crippen molar-refractivity contribution in [3.63, 3.8) is 0 Å². The van der Waals surface area contributed by atoms with E-state index in [1.807, 2.05) is 12.1 Å². The number of furan rings is 1. The summed E-state index contributed by atoms with van der Waals surface area (Å²) in [7, 11) is 0. The van der Waals surface area contributed by atoms with E-state index >= 15 is 0 Å². The van der Waals surface area contributed by atoms with Crippen LogP contribution in [0.3, 0.4) is 0 Å². The molecule has 0 aliphatic heterocycles. The number of rotatable bonds is 12. The molecule has 1 aromatic rings. The third-order valence-electron chi connectivity index (χ3n) is 3.67. The maximum absolute atomic E-state index is 5.88. The van der Waals surface area contributed by atoms with Crippen LogP contribution < -0.4 is 5.32 Å². The molecular formula is C17H30ClNO. The molecule has 1 N–H and O–H groups in total. The summed E-state index contributed by atoms with van der Waals surface area (Å²) in [6.07, 6.45) is 11.7. The van der Waals surface area contributed by atoms with Crippen LogP contribution in [0.5, 0.6) is 0 Å². The van der Waals surface area contributed by atoms with E-state index in [-0.39, 0.29) is 0 Å². The van der Waals surface area contributed by atoms with Crippen molar-refractivity contribution in [1.82, 2.24) is 5.32 Å². The van der Waals surface area contributed by atoms with Crippen molar-refractivity contribution in [2.24, 2.45) is 0 Å². The fourth-order valence-corrected chi connectivity index (χ4v) is 2.64. The standard InChI is InChI=1S/C17H30ClNO/c1-3-5-6-7-8-9-10-11-15(19-14-4-2)16-12-13-17(18)20-16/h12-13,15,19H,3-11,14H2,1-2H3. The highest BCUT2D eigenvalue weighted by molar-refractivity contribution is 6.28. The van der Waals surface area contributed by atoms with Crippen molar-refractivity contribution >= 4 is 11.6 Å². The number of nitrogens with one attached hydrogen (secondary N) is 1. The summed E-state index contributed by atoms with van der Waals surface area (Å²) in [5.74, 6) is 0.981. The molecule has 0 saturated heterocycles. The minimum Gasteiger partial charge on any atom is -0.448 e. The Hall–Kier alpha value is -0.470. The van der Waals surface area contributed by atoms with Crippen molar-refractivity contribution in [2.75, 3.05) is 6.54 Å². The lowest BCUT2D eigenvalue weighted by Crippen LogP contribution is -2.21. The van der Waals surface area contributed by atoms with E-state index in [9.17, 15) is 0 Å². The largest absolute Gasteiger partial charge is 0.448 e. The number of hydrogen-bond donors (Lipinski definition) is 1. The van der Waals surface area contributed by atoms with E-state index in [1.165, 1.54) is 44.9 Å². The minimum absolute atomic E-state index is 0.318. The molecule has 20 heavy (non-hydrogen) atoms. The molecule has 3 heteroatoms. The van der Waals surface area contributed by atoms with Crippen molar-refractivity contribution in [3.05, 3.63) is 23.1 Å². The SMILES string of the molecule is CCCCCCCCCC(NCCC)c1ccc(Cl)o1. The van der Waals surface area contributed by atoms with E-state index in [0.29, 0.717) is 11.3 Å². The van der Waals surface area contributed by atoms with Crippen LogP contribution in [0.1, 0.15) is 83.4 Å². The van der Waals surface area contributed by atoms with Gasteiger partial charge in [0.25, 0.3) is 0 Å². The molecule has 1 rings (SSSR count). The van der Waals surface area contributed by atoms with Gasteiger partial charge in [-0.2, -0.15) is 0 Å². The van der Waals surface area contributed by atoms with Gasteiger partial charge in [-0.15, -0.1) is 0 Å². The summed E-state index contributed by atoms with van der Waals surface area (Å²) < 4.78 is 5.56. The Kier molecular flexibility index (Phi) is 9.86. The molecule has 116 valence electrons. The average molecular weight is 300 g/mol. The van der Waals surface area contributed by atoms with E-state index in [1.54, 1.807) is 0 Å². The van der Waals surface area contributed by atoms with Gasteiger partial charge in [0.1, 0.15) is 5.76 Å². The smallest absolute Gasteiger partial charge is 0.193 e. The van der Waals surface area contributed by atoms with Crippen LogP contribution >= 0.6 is 11.6 Å². The van der Waals surface area contributed by atoms with Crippen molar-refractivity contribution < 1.29 is 4.42 Å². The molecule has 1 unspecified atom stereocenters. The number of hydrogen-bond acceptors (Lipinski definition) is 2. The summed E-state index contributed by atoms with van der Waals surface area (Å²) in [6, 6.07) is 4.15. The first kappa shape index (κ1) is 17.6. The lowest BCUT2D eigenvalue weighted by atomic mass is 10.0. The lowest BCUT2D eigenvalue weighted by molar-refractivity contribution is 0.384. The molecule has 1 aromatic heterocycles. The van der Waals surface area contributed by atoms with Crippen LogP contribution in [0.15, 0.2) is 16.5 Å². The van der Waals surface area contributed by atoms with Crippen molar-refractivity contribution in [3.8, 4) is 0 Å². The predicted octanol–water partition coefficient (Wildman–Crippen LogP) is 6.11. The first-order valence-electron chi connectivity index (χ1n) is 8.26. The molecule has 0 spiro atoms. The Balaban J connectivity index is 2.23. The van der Waals surface area contributed by atoms with Gasteiger partial charge in [-0.3, -0.25) is 0 Å². The topological polar surface area (TPSA) is 25.2 Å². The zero-order chi connectivity index (χ0) is 14.6. The van der Waals surface area contributed by atoms with Crippen LogP contribution in [0.2, 0.25) is 5.22 Å². The van der Waals surface area contributed by atoms with Gasteiger partial charge in [-0.25, -0.2) is 0 Å². The molecular weight excluding hydrogens is 270 g/mol. The number of halogens is 1. The molecule has 0 bridgehead atoms. The summed E-state index contributed by atoms with van der Waals surface area (Å²) in [6.45, 7) is 5.48. The van der Waals surface area contributed by atoms with Gasteiger partial charge >= 0.3 is 0 Å². The van der Waals surface area contributed by atoms with Gasteiger partial charge in [0.15, 0.2) is 5.22 Å². The third kappa shape index (κ3) is 7.35.